The Labute approximate surface area is 140 Å². The molecule has 0 radical (unpaired) electrons. The summed E-state index contributed by atoms with van der Waals surface area (Å²) in [5.74, 6) is 0.159. The summed E-state index contributed by atoms with van der Waals surface area (Å²) < 4.78 is 51.2. The van der Waals surface area contributed by atoms with E-state index in [4.69, 9.17) is 5.14 Å². The molecule has 1 aromatic carbocycles. The van der Waals surface area contributed by atoms with Crippen molar-refractivity contribution in [2.75, 3.05) is 18.8 Å². The van der Waals surface area contributed by atoms with Gasteiger partial charge in [0.15, 0.2) is 5.96 Å². The molecule has 0 aromatic heterocycles. The largest absolute Gasteiger partial charge is 0.434 e. The number of ether oxygens (including phenoxy) is 1. The molecule has 0 spiro atoms. The molecule has 0 amide bonds. The van der Waals surface area contributed by atoms with Crippen molar-refractivity contribution in [1.29, 1.82) is 0 Å². The first kappa shape index (κ1) is 20.1. The van der Waals surface area contributed by atoms with Crippen LogP contribution in [0.4, 0.5) is 8.78 Å². The summed E-state index contributed by atoms with van der Waals surface area (Å²) in [6.07, 6.45) is 0. The van der Waals surface area contributed by atoms with E-state index in [1.165, 1.54) is 6.07 Å². The maximum absolute atomic E-state index is 12.4. The van der Waals surface area contributed by atoms with Gasteiger partial charge in [0.2, 0.25) is 10.0 Å². The van der Waals surface area contributed by atoms with Crippen molar-refractivity contribution in [2.24, 2.45) is 10.1 Å². The lowest BCUT2D eigenvalue weighted by Gasteiger charge is -2.13. The Morgan fingerprint density at radius 3 is 2.67 bits per heavy atom. The van der Waals surface area contributed by atoms with Crippen molar-refractivity contribution in [3.8, 4) is 5.75 Å². The number of aryl methyl sites for hydroxylation is 1. The minimum atomic E-state index is -3.58. The third kappa shape index (κ3) is 8.06. The van der Waals surface area contributed by atoms with Crippen LogP contribution in [0, 0.1) is 6.92 Å². The smallest absolute Gasteiger partial charge is 0.387 e. The van der Waals surface area contributed by atoms with Gasteiger partial charge in [0, 0.05) is 18.7 Å². The number of nitrogens with one attached hydrogen (secondary N) is 2. The molecule has 136 valence electrons. The molecule has 0 heterocycles. The number of halogens is 2. The second-order valence-corrected chi connectivity index (χ2v) is 6.71. The maximum Gasteiger partial charge on any atom is 0.387 e. The number of benzene rings is 1. The lowest BCUT2D eigenvalue weighted by atomic mass is 10.1. The molecule has 0 saturated heterocycles. The van der Waals surface area contributed by atoms with Crippen LogP contribution >= 0.6 is 0 Å². The molecule has 1 rings (SSSR count). The number of rotatable bonds is 8. The standard InChI is InChI=1S/C14H22F2N4O3S/c1-3-18-14(19-6-7-24(17,21)22)20-9-11-8-10(2)4-5-12(11)23-13(15)16/h4-5,8,13H,3,6-7,9H2,1-2H3,(H2,17,21,22)(H2,18,19,20). The number of nitrogens with two attached hydrogens (primary N) is 1. The predicted molar refractivity (Wildman–Crippen MR) is 88.6 cm³/mol. The molecule has 1 aromatic rings. The van der Waals surface area contributed by atoms with Gasteiger partial charge >= 0.3 is 6.61 Å². The Kier molecular flexibility index (Phi) is 7.86. The van der Waals surface area contributed by atoms with Crippen LogP contribution in [0.15, 0.2) is 23.2 Å². The van der Waals surface area contributed by atoms with Crippen LogP contribution in [0.2, 0.25) is 0 Å². The van der Waals surface area contributed by atoms with Crippen molar-refractivity contribution in [3.05, 3.63) is 29.3 Å². The first-order valence-corrected chi connectivity index (χ1v) is 9.00. The highest BCUT2D eigenvalue weighted by Crippen LogP contribution is 2.22. The summed E-state index contributed by atoms with van der Waals surface area (Å²) in [7, 11) is -3.58. The second-order valence-electron chi connectivity index (χ2n) is 4.98. The average Bonchev–Trinajstić information content (AvgIpc) is 2.45. The second kappa shape index (κ2) is 9.38. The summed E-state index contributed by atoms with van der Waals surface area (Å²) in [4.78, 5) is 4.25. The van der Waals surface area contributed by atoms with Gasteiger partial charge in [0.1, 0.15) is 5.75 Å². The van der Waals surface area contributed by atoms with E-state index in [1.807, 2.05) is 13.8 Å². The van der Waals surface area contributed by atoms with Crippen LogP contribution in [-0.2, 0) is 16.6 Å². The van der Waals surface area contributed by atoms with Crippen LogP contribution in [0.5, 0.6) is 5.75 Å². The first-order valence-electron chi connectivity index (χ1n) is 7.28. The van der Waals surface area contributed by atoms with E-state index in [-0.39, 0.29) is 24.6 Å². The number of primary sulfonamides is 1. The van der Waals surface area contributed by atoms with Gasteiger partial charge < -0.3 is 15.4 Å². The molecule has 0 aliphatic carbocycles. The molecule has 0 unspecified atom stereocenters. The van der Waals surface area contributed by atoms with Crippen molar-refractivity contribution in [2.45, 2.75) is 27.0 Å². The molecule has 0 aliphatic rings. The number of sulfonamides is 1. The van der Waals surface area contributed by atoms with E-state index in [0.717, 1.165) is 5.56 Å². The fourth-order valence-electron chi connectivity index (χ4n) is 1.86. The Morgan fingerprint density at radius 2 is 2.08 bits per heavy atom. The van der Waals surface area contributed by atoms with Crippen LogP contribution in [0.1, 0.15) is 18.1 Å². The highest BCUT2D eigenvalue weighted by atomic mass is 32.2. The van der Waals surface area contributed by atoms with Crippen LogP contribution in [0.25, 0.3) is 0 Å². The van der Waals surface area contributed by atoms with Gasteiger partial charge in [-0.1, -0.05) is 17.7 Å². The minimum Gasteiger partial charge on any atom is -0.434 e. The molecule has 0 fully saturated rings. The van der Waals surface area contributed by atoms with Gasteiger partial charge in [0.25, 0.3) is 0 Å². The Balaban J connectivity index is 2.83. The number of nitrogens with zero attached hydrogens (tertiary/aromatic N) is 1. The van der Waals surface area contributed by atoms with Gasteiger partial charge in [-0.05, 0) is 19.9 Å². The average molecular weight is 364 g/mol. The van der Waals surface area contributed by atoms with E-state index in [0.29, 0.717) is 18.1 Å². The van der Waals surface area contributed by atoms with E-state index in [9.17, 15) is 17.2 Å². The monoisotopic (exact) mass is 364 g/mol. The van der Waals surface area contributed by atoms with Gasteiger partial charge in [-0.25, -0.2) is 18.5 Å². The number of hydrogen-bond donors (Lipinski definition) is 3. The number of guanidine groups is 1. The molecular formula is C14H22F2N4O3S. The zero-order chi connectivity index (χ0) is 18.2. The number of aliphatic imine (C=N–C) groups is 1. The molecule has 0 aliphatic heterocycles. The van der Waals surface area contributed by atoms with E-state index >= 15 is 0 Å². The topological polar surface area (TPSA) is 106 Å². The fraction of sp³-hybridized carbons (Fsp3) is 0.500. The molecule has 0 atom stereocenters. The Bertz CT molecular complexity index is 666. The summed E-state index contributed by atoms with van der Waals surface area (Å²) in [6, 6.07) is 4.84. The lowest BCUT2D eigenvalue weighted by Crippen LogP contribution is -2.40. The van der Waals surface area contributed by atoms with Crippen LogP contribution < -0.4 is 20.5 Å². The molecular weight excluding hydrogens is 342 g/mol. The number of hydrogen-bond acceptors (Lipinski definition) is 4. The molecule has 24 heavy (non-hydrogen) atoms. The summed E-state index contributed by atoms with van der Waals surface area (Å²) in [5.41, 5.74) is 1.38. The molecule has 10 heteroatoms. The highest BCUT2D eigenvalue weighted by molar-refractivity contribution is 7.89. The minimum absolute atomic E-state index is 0.0553. The zero-order valence-corrected chi connectivity index (χ0v) is 14.4. The fourth-order valence-corrected chi connectivity index (χ4v) is 2.25. The van der Waals surface area contributed by atoms with Crippen LogP contribution in [-0.4, -0.2) is 39.8 Å². The summed E-state index contributed by atoms with van der Waals surface area (Å²) in [5, 5.41) is 10.7. The maximum atomic E-state index is 12.4. The number of alkyl halides is 2. The van der Waals surface area contributed by atoms with Crippen LogP contribution in [0.3, 0.4) is 0 Å². The quantitative estimate of drug-likeness (QED) is 0.470. The Morgan fingerprint density at radius 1 is 1.38 bits per heavy atom. The summed E-state index contributed by atoms with van der Waals surface area (Å²) in [6.45, 7) is 1.48. The Hall–Kier alpha value is -1.94. The molecule has 7 nitrogen and oxygen atoms in total. The van der Waals surface area contributed by atoms with Gasteiger partial charge in [-0.15, -0.1) is 0 Å². The third-order valence-corrected chi connectivity index (χ3v) is 3.64. The predicted octanol–water partition coefficient (Wildman–Crippen LogP) is 0.940. The van der Waals surface area contributed by atoms with Crippen molar-refractivity contribution in [3.63, 3.8) is 0 Å². The van der Waals surface area contributed by atoms with E-state index < -0.39 is 16.6 Å². The SMILES string of the molecule is CCNC(=NCc1cc(C)ccc1OC(F)F)NCCS(N)(=O)=O. The molecule has 4 N–H and O–H groups in total. The normalized spacial score (nSPS) is 12.3. The van der Waals surface area contributed by atoms with Gasteiger partial charge in [-0.3, -0.25) is 0 Å². The van der Waals surface area contributed by atoms with Crippen molar-refractivity contribution >= 4 is 16.0 Å². The molecule has 0 saturated carbocycles. The third-order valence-electron chi connectivity index (χ3n) is 2.86. The van der Waals surface area contributed by atoms with Gasteiger partial charge in [-0.2, -0.15) is 8.78 Å². The van der Waals surface area contributed by atoms with Gasteiger partial charge in [0.05, 0.1) is 12.3 Å². The first-order chi connectivity index (χ1) is 11.2. The van der Waals surface area contributed by atoms with Crippen molar-refractivity contribution in [1.82, 2.24) is 10.6 Å². The van der Waals surface area contributed by atoms with Crippen molar-refractivity contribution < 1.29 is 21.9 Å². The summed E-state index contributed by atoms with van der Waals surface area (Å²) >= 11 is 0. The zero-order valence-electron chi connectivity index (χ0n) is 13.6. The lowest BCUT2D eigenvalue weighted by molar-refractivity contribution is -0.0504. The highest BCUT2D eigenvalue weighted by Gasteiger charge is 2.10. The van der Waals surface area contributed by atoms with E-state index in [1.54, 1.807) is 12.1 Å². The molecule has 0 bridgehead atoms. The van der Waals surface area contributed by atoms with E-state index in [2.05, 4.69) is 20.4 Å².